The normalized spacial score (nSPS) is 18.3. The molecule has 0 radical (unpaired) electrons. The van der Waals surface area contributed by atoms with Gasteiger partial charge in [0.05, 0.1) is 7.11 Å². The summed E-state index contributed by atoms with van der Waals surface area (Å²) in [5.74, 6) is 0.956. The van der Waals surface area contributed by atoms with Crippen LogP contribution < -0.4 is 10.1 Å². The van der Waals surface area contributed by atoms with Gasteiger partial charge >= 0.3 is 6.09 Å². The topological polar surface area (TPSA) is 76.6 Å². The fraction of sp³-hybridized carbons (Fsp3) is 0.706. The van der Waals surface area contributed by atoms with Gasteiger partial charge in [-0.25, -0.2) is 9.78 Å². The van der Waals surface area contributed by atoms with Gasteiger partial charge in [-0.05, 0) is 39.5 Å². The maximum atomic E-state index is 12.2. The van der Waals surface area contributed by atoms with Gasteiger partial charge in [-0.3, -0.25) is 4.98 Å². The minimum atomic E-state index is -0.454. The van der Waals surface area contributed by atoms with Crippen LogP contribution in [0.25, 0.3) is 0 Å². The number of rotatable bonds is 5. The summed E-state index contributed by atoms with van der Waals surface area (Å²) >= 11 is 0. The van der Waals surface area contributed by atoms with Crippen molar-refractivity contribution in [2.75, 3.05) is 26.7 Å². The molecule has 2 heterocycles. The first-order valence-electron chi connectivity index (χ1n) is 8.41. The van der Waals surface area contributed by atoms with Crippen molar-refractivity contribution in [3.8, 4) is 5.88 Å². The van der Waals surface area contributed by atoms with Crippen molar-refractivity contribution in [3.05, 3.63) is 18.1 Å². The first kappa shape index (κ1) is 18.4. The summed E-state index contributed by atoms with van der Waals surface area (Å²) in [7, 11) is 1.59. The molecule has 2 rings (SSSR count). The second-order valence-electron chi connectivity index (χ2n) is 7.08. The molecule has 1 aliphatic heterocycles. The van der Waals surface area contributed by atoms with Crippen LogP contribution in [0.4, 0.5) is 4.79 Å². The van der Waals surface area contributed by atoms with E-state index in [4.69, 9.17) is 9.47 Å². The predicted molar refractivity (Wildman–Crippen MR) is 90.8 cm³/mol. The number of nitrogens with one attached hydrogen (secondary N) is 1. The number of hydrogen-bond donors (Lipinski definition) is 1. The number of carbonyl (C=O) groups excluding carboxylic acids is 1. The van der Waals surface area contributed by atoms with Crippen LogP contribution in [0, 0.1) is 5.92 Å². The first-order valence-corrected chi connectivity index (χ1v) is 8.41. The van der Waals surface area contributed by atoms with Crippen molar-refractivity contribution in [2.24, 2.45) is 5.92 Å². The number of hydrogen-bond acceptors (Lipinski definition) is 6. The third-order valence-corrected chi connectivity index (χ3v) is 3.83. The lowest BCUT2D eigenvalue weighted by Crippen LogP contribution is -2.45. The van der Waals surface area contributed by atoms with Crippen molar-refractivity contribution in [1.29, 1.82) is 0 Å². The minimum Gasteiger partial charge on any atom is -0.480 e. The molecule has 1 fully saturated rings. The summed E-state index contributed by atoms with van der Waals surface area (Å²) in [5.41, 5.74) is 0.338. The number of nitrogens with zero attached hydrogens (tertiary/aromatic N) is 3. The summed E-state index contributed by atoms with van der Waals surface area (Å²) in [5, 5.41) is 3.39. The maximum absolute atomic E-state index is 12.2. The Hall–Kier alpha value is -1.89. The SMILES string of the molecule is COc1nccnc1CNC[C@@H]1CCCN(C(=O)OC(C)(C)C)C1. The molecule has 1 saturated heterocycles. The number of amides is 1. The summed E-state index contributed by atoms with van der Waals surface area (Å²) in [6.07, 6.45) is 5.15. The summed E-state index contributed by atoms with van der Waals surface area (Å²) < 4.78 is 10.7. The van der Waals surface area contributed by atoms with Gasteiger partial charge in [-0.1, -0.05) is 0 Å². The monoisotopic (exact) mass is 336 g/mol. The van der Waals surface area contributed by atoms with Crippen LogP contribution in [0.15, 0.2) is 12.4 Å². The Morgan fingerprint density at radius 2 is 2.12 bits per heavy atom. The number of likely N-dealkylation sites (tertiary alicyclic amines) is 1. The first-order chi connectivity index (χ1) is 11.4. The van der Waals surface area contributed by atoms with Crippen molar-refractivity contribution < 1.29 is 14.3 Å². The number of piperidine rings is 1. The Bertz CT molecular complexity index is 545. The highest BCUT2D eigenvalue weighted by molar-refractivity contribution is 5.68. The van der Waals surface area contributed by atoms with Crippen LogP contribution in [-0.2, 0) is 11.3 Å². The molecule has 1 aliphatic rings. The van der Waals surface area contributed by atoms with Crippen LogP contribution >= 0.6 is 0 Å². The molecule has 0 aliphatic carbocycles. The standard InChI is InChI=1S/C17H28N4O3/c1-17(2,3)24-16(22)21-9-5-6-13(12-21)10-18-11-14-15(23-4)20-8-7-19-14/h7-8,13,18H,5-6,9-12H2,1-4H3/t13-/m0/s1. The molecule has 1 aromatic heterocycles. The molecular formula is C17H28N4O3. The summed E-state index contributed by atoms with van der Waals surface area (Å²) in [6, 6.07) is 0. The Kier molecular flexibility index (Phi) is 6.36. The van der Waals surface area contributed by atoms with Crippen LogP contribution in [-0.4, -0.2) is 53.3 Å². The van der Waals surface area contributed by atoms with E-state index in [1.54, 1.807) is 19.5 Å². The van der Waals surface area contributed by atoms with Crippen LogP contribution in [0.5, 0.6) is 5.88 Å². The highest BCUT2D eigenvalue weighted by atomic mass is 16.6. The van der Waals surface area contributed by atoms with Crippen LogP contribution in [0.2, 0.25) is 0 Å². The Morgan fingerprint density at radius 1 is 1.38 bits per heavy atom. The summed E-state index contributed by atoms with van der Waals surface area (Å²) in [6.45, 7) is 8.58. The number of ether oxygens (including phenoxy) is 2. The average molecular weight is 336 g/mol. The average Bonchev–Trinajstić information content (AvgIpc) is 2.54. The lowest BCUT2D eigenvalue weighted by molar-refractivity contribution is 0.0166. The molecular weight excluding hydrogens is 308 g/mol. The number of carbonyl (C=O) groups is 1. The van der Waals surface area contributed by atoms with Gasteiger partial charge in [0.15, 0.2) is 0 Å². The predicted octanol–water partition coefficient (Wildman–Crippen LogP) is 2.22. The highest BCUT2D eigenvalue weighted by Gasteiger charge is 2.27. The van der Waals surface area contributed by atoms with E-state index in [0.29, 0.717) is 18.3 Å². The van der Waals surface area contributed by atoms with E-state index in [-0.39, 0.29) is 6.09 Å². The van der Waals surface area contributed by atoms with Gasteiger partial charge in [0, 0.05) is 38.6 Å². The minimum absolute atomic E-state index is 0.220. The van der Waals surface area contributed by atoms with Crippen molar-refractivity contribution in [1.82, 2.24) is 20.2 Å². The van der Waals surface area contributed by atoms with E-state index in [0.717, 1.165) is 38.2 Å². The third-order valence-electron chi connectivity index (χ3n) is 3.83. The molecule has 0 aromatic carbocycles. The van der Waals surface area contributed by atoms with Gasteiger partial charge in [0.25, 0.3) is 0 Å². The molecule has 7 nitrogen and oxygen atoms in total. The highest BCUT2D eigenvalue weighted by Crippen LogP contribution is 2.19. The Labute approximate surface area is 143 Å². The van der Waals surface area contributed by atoms with Gasteiger partial charge in [0.1, 0.15) is 11.3 Å². The zero-order valence-corrected chi connectivity index (χ0v) is 15.0. The fourth-order valence-corrected chi connectivity index (χ4v) is 2.76. The Balaban J connectivity index is 1.80. The molecule has 24 heavy (non-hydrogen) atoms. The van der Waals surface area contributed by atoms with Gasteiger partial charge in [-0.2, -0.15) is 0 Å². The number of methoxy groups -OCH3 is 1. The molecule has 7 heteroatoms. The molecule has 1 aromatic rings. The van der Waals surface area contributed by atoms with Crippen LogP contribution in [0.1, 0.15) is 39.3 Å². The molecule has 1 N–H and O–H groups in total. The molecule has 0 unspecified atom stereocenters. The second kappa shape index (κ2) is 8.28. The van der Waals surface area contributed by atoms with Gasteiger partial charge in [-0.15, -0.1) is 0 Å². The quantitative estimate of drug-likeness (QED) is 0.888. The zero-order valence-electron chi connectivity index (χ0n) is 15.0. The van der Waals surface area contributed by atoms with E-state index >= 15 is 0 Å². The lowest BCUT2D eigenvalue weighted by atomic mass is 9.98. The van der Waals surface area contributed by atoms with E-state index in [1.165, 1.54) is 0 Å². The molecule has 134 valence electrons. The van der Waals surface area contributed by atoms with E-state index in [2.05, 4.69) is 15.3 Å². The van der Waals surface area contributed by atoms with Crippen molar-refractivity contribution in [2.45, 2.75) is 45.8 Å². The Morgan fingerprint density at radius 3 is 2.83 bits per heavy atom. The molecule has 1 amide bonds. The largest absolute Gasteiger partial charge is 0.480 e. The lowest BCUT2D eigenvalue weighted by Gasteiger charge is -2.34. The molecule has 1 atom stereocenters. The maximum Gasteiger partial charge on any atom is 0.410 e. The zero-order chi connectivity index (χ0) is 17.6. The van der Waals surface area contributed by atoms with E-state index in [1.807, 2.05) is 25.7 Å². The molecule has 0 spiro atoms. The second-order valence-corrected chi connectivity index (χ2v) is 7.08. The van der Waals surface area contributed by atoms with Gasteiger partial charge in [0.2, 0.25) is 5.88 Å². The van der Waals surface area contributed by atoms with Crippen molar-refractivity contribution in [3.63, 3.8) is 0 Å². The van der Waals surface area contributed by atoms with Crippen LogP contribution in [0.3, 0.4) is 0 Å². The third kappa shape index (κ3) is 5.63. The summed E-state index contributed by atoms with van der Waals surface area (Å²) in [4.78, 5) is 22.4. The molecule has 0 bridgehead atoms. The smallest absolute Gasteiger partial charge is 0.410 e. The van der Waals surface area contributed by atoms with Gasteiger partial charge < -0.3 is 19.7 Å². The van der Waals surface area contributed by atoms with E-state index < -0.39 is 5.60 Å². The fourth-order valence-electron chi connectivity index (χ4n) is 2.76. The van der Waals surface area contributed by atoms with Crippen molar-refractivity contribution >= 4 is 6.09 Å². The molecule has 0 saturated carbocycles. The number of aromatic nitrogens is 2. The van der Waals surface area contributed by atoms with E-state index in [9.17, 15) is 4.79 Å².